The minimum absolute atomic E-state index is 0. The van der Waals surface area contributed by atoms with E-state index >= 15 is 0 Å². The molecule has 6 heteroatoms. The first-order valence-corrected chi connectivity index (χ1v) is 10.4. The van der Waals surface area contributed by atoms with Crippen molar-refractivity contribution in [3.63, 3.8) is 0 Å². The topological polar surface area (TPSA) is 24.5 Å². The summed E-state index contributed by atoms with van der Waals surface area (Å²) in [6.07, 6.45) is 0. The Labute approximate surface area is 197 Å². The van der Waals surface area contributed by atoms with Crippen LogP contribution in [0.4, 0.5) is 0 Å². The summed E-state index contributed by atoms with van der Waals surface area (Å²) >= 11 is 5.98. The van der Waals surface area contributed by atoms with E-state index in [-0.39, 0.29) is 24.8 Å². The molecule has 3 nitrogen and oxygen atoms in total. The van der Waals surface area contributed by atoms with Crippen LogP contribution in [0.1, 0.15) is 25.0 Å². The molecule has 0 heterocycles. The lowest BCUT2D eigenvalue weighted by Crippen LogP contribution is -2.31. The van der Waals surface area contributed by atoms with Gasteiger partial charge >= 0.3 is 0 Å². The second-order valence-electron chi connectivity index (χ2n) is 6.88. The van der Waals surface area contributed by atoms with Gasteiger partial charge in [-0.05, 0) is 47.6 Å². The minimum atomic E-state index is 0. The molecule has 0 atom stereocenters. The van der Waals surface area contributed by atoms with Gasteiger partial charge in [-0.2, -0.15) is 0 Å². The molecule has 0 saturated carbocycles. The number of ether oxygens (including phenoxy) is 1. The van der Waals surface area contributed by atoms with Gasteiger partial charge in [-0.1, -0.05) is 67.9 Å². The quantitative estimate of drug-likeness (QED) is 0.350. The van der Waals surface area contributed by atoms with Gasteiger partial charge in [0.05, 0.1) is 0 Å². The predicted molar refractivity (Wildman–Crippen MR) is 134 cm³/mol. The largest absolute Gasteiger partial charge is 0.489 e. The van der Waals surface area contributed by atoms with Gasteiger partial charge in [-0.25, -0.2) is 0 Å². The van der Waals surface area contributed by atoms with Gasteiger partial charge < -0.3 is 15.0 Å². The molecule has 3 aromatic carbocycles. The van der Waals surface area contributed by atoms with Crippen LogP contribution in [0.3, 0.4) is 0 Å². The monoisotopic (exact) mass is 468 g/mol. The van der Waals surface area contributed by atoms with Crippen LogP contribution in [0.25, 0.3) is 10.8 Å². The molecule has 0 aromatic heterocycles. The van der Waals surface area contributed by atoms with E-state index in [2.05, 4.69) is 60.5 Å². The van der Waals surface area contributed by atoms with Gasteiger partial charge in [0.25, 0.3) is 0 Å². The molecule has 0 unspecified atom stereocenters. The van der Waals surface area contributed by atoms with Crippen LogP contribution in [0.15, 0.2) is 60.7 Å². The van der Waals surface area contributed by atoms with Gasteiger partial charge in [0.15, 0.2) is 0 Å². The predicted octanol–water partition coefficient (Wildman–Crippen LogP) is 6.35. The van der Waals surface area contributed by atoms with Crippen LogP contribution < -0.4 is 10.1 Å². The van der Waals surface area contributed by atoms with Crippen molar-refractivity contribution in [2.75, 3.05) is 26.2 Å². The molecule has 0 aliphatic heterocycles. The highest BCUT2D eigenvalue weighted by Crippen LogP contribution is 2.29. The number of benzene rings is 3. The molecule has 3 aromatic rings. The first-order valence-electron chi connectivity index (χ1n) is 10.0. The Hall–Kier alpha value is -1.49. The molecule has 30 heavy (non-hydrogen) atoms. The minimum Gasteiger partial charge on any atom is -0.489 e. The highest BCUT2D eigenvalue weighted by atomic mass is 35.5. The zero-order valence-corrected chi connectivity index (χ0v) is 20.0. The van der Waals surface area contributed by atoms with E-state index in [0.717, 1.165) is 49.1 Å². The fourth-order valence-electron chi connectivity index (χ4n) is 3.37. The number of nitrogens with zero attached hydrogens (tertiary/aromatic N) is 1. The summed E-state index contributed by atoms with van der Waals surface area (Å²) in [5.41, 5.74) is 2.32. The van der Waals surface area contributed by atoms with E-state index in [1.165, 1.54) is 16.3 Å². The van der Waals surface area contributed by atoms with Crippen LogP contribution in [0.2, 0.25) is 5.02 Å². The summed E-state index contributed by atoms with van der Waals surface area (Å²) < 4.78 is 6.20. The van der Waals surface area contributed by atoms with Gasteiger partial charge in [-0.15, -0.1) is 24.8 Å². The molecule has 0 aliphatic rings. The Bertz CT molecular complexity index is 883. The van der Waals surface area contributed by atoms with Gasteiger partial charge in [-0.3, -0.25) is 0 Å². The molecule has 0 bridgehead atoms. The summed E-state index contributed by atoms with van der Waals surface area (Å²) in [5.74, 6) is 0.934. The fraction of sp³-hybridized carbons (Fsp3) is 0.333. The smallest absolute Gasteiger partial charge is 0.124 e. The van der Waals surface area contributed by atoms with Crippen LogP contribution >= 0.6 is 36.4 Å². The summed E-state index contributed by atoms with van der Waals surface area (Å²) in [6, 6.07) is 20.5. The Kier molecular flexibility index (Phi) is 12.2. The summed E-state index contributed by atoms with van der Waals surface area (Å²) in [5, 5.41) is 6.82. The first kappa shape index (κ1) is 26.5. The van der Waals surface area contributed by atoms with Crippen molar-refractivity contribution in [1.82, 2.24) is 10.2 Å². The highest BCUT2D eigenvalue weighted by molar-refractivity contribution is 6.30. The zero-order valence-electron chi connectivity index (χ0n) is 17.6. The Balaban J connectivity index is 0.00000225. The van der Waals surface area contributed by atoms with Crippen molar-refractivity contribution in [2.45, 2.75) is 27.0 Å². The summed E-state index contributed by atoms with van der Waals surface area (Å²) in [4.78, 5) is 2.42. The third-order valence-corrected chi connectivity index (χ3v) is 5.36. The average Bonchev–Trinajstić information content (AvgIpc) is 2.74. The van der Waals surface area contributed by atoms with E-state index < -0.39 is 0 Å². The summed E-state index contributed by atoms with van der Waals surface area (Å²) in [7, 11) is 0. The second kappa shape index (κ2) is 13.7. The SMILES string of the molecule is CCN(CC)CCNCc1c(OCc2ccc(Cl)cc2)ccc2ccccc12.Cl.Cl. The second-order valence-corrected chi connectivity index (χ2v) is 7.32. The Morgan fingerprint density at radius 2 is 1.60 bits per heavy atom. The third kappa shape index (κ3) is 7.33. The molecule has 164 valence electrons. The first-order chi connectivity index (χ1) is 13.7. The maximum absolute atomic E-state index is 6.20. The lowest BCUT2D eigenvalue weighted by Gasteiger charge is -2.19. The van der Waals surface area contributed by atoms with Crippen molar-refractivity contribution in [2.24, 2.45) is 0 Å². The van der Waals surface area contributed by atoms with Crippen molar-refractivity contribution in [3.8, 4) is 5.75 Å². The standard InChI is InChI=1S/C24H29ClN2O.2ClH/c1-3-27(4-2)16-15-26-17-23-22-8-6-5-7-20(22)11-14-24(23)28-18-19-9-12-21(25)13-10-19;;/h5-14,26H,3-4,15-18H2,1-2H3;2*1H. The number of nitrogens with one attached hydrogen (secondary N) is 1. The lowest BCUT2D eigenvalue weighted by molar-refractivity contribution is 0.296. The van der Waals surface area contributed by atoms with Crippen molar-refractivity contribution in [3.05, 3.63) is 76.8 Å². The molecule has 0 spiro atoms. The number of halogens is 3. The molecule has 0 radical (unpaired) electrons. The molecule has 0 saturated heterocycles. The average molecular weight is 470 g/mol. The van der Waals surface area contributed by atoms with Crippen LogP contribution in [0.5, 0.6) is 5.75 Å². The highest BCUT2D eigenvalue weighted by Gasteiger charge is 2.09. The van der Waals surface area contributed by atoms with Crippen molar-refractivity contribution >= 4 is 47.2 Å². The van der Waals surface area contributed by atoms with Crippen LogP contribution in [-0.4, -0.2) is 31.1 Å². The maximum Gasteiger partial charge on any atom is 0.124 e. The molecular weight excluding hydrogens is 439 g/mol. The normalized spacial score (nSPS) is 10.5. The molecular formula is C24H31Cl3N2O. The lowest BCUT2D eigenvalue weighted by atomic mass is 10.0. The third-order valence-electron chi connectivity index (χ3n) is 5.11. The molecule has 3 rings (SSSR count). The van der Waals surface area contributed by atoms with Crippen molar-refractivity contribution < 1.29 is 4.74 Å². The zero-order chi connectivity index (χ0) is 19.8. The number of hydrogen-bond donors (Lipinski definition) is 1. The van der Waals surface area contributed by atoms with E-state index in [9.17, 15) is 0 Å². The van der Waals surface area contributed by atoms with Crippen LogP contribution in [-0.2, 0) is 13.2 Å². The van der Waals surface area contributed by atoms with E-state index in [4.69, 9.17) is 16.3 Å². The number of likely N-dealkylation sites (N-methyl/N-ethyl adjacent to an activating group) is 1. The molecule has 1 N–H and O–H groups in total. The summed E-state index contributed by atoms with van der Waals surface area (Å²) in [6.45, 7) is 9.92. The Morgan fingerprint density at radius 1 is 0.900 bits per heavy atom. The maximum atomic E-state index is 6.20. The van der Waals surface area contributed by atoms with Crippen LogP contribution in [0, 0.1) is 0 Å². The Morgan fingerprint density at radius 3 is 2.30 bits per heavy atom. The van der Waals surface area contributed by atoms with E-state index in [1.54, 1.807) is 0 Å². The van der Waals surface area contributed by atoms with Gasteiger partial charge in [0.1, 0.15) is 12.4 Å². The van der Waals surface area contributed by atoms with Gasteiger partial charge in [0, 0.05) is 30.2 Å². The van der Waals surface area contributed by atoms with Gasteiger partial charge in [0.2, 0.25) is 0 Å². The molecule has 0 fully saturated rings. The number of hydrogen-bond acceptors (Lipinski definition) is 3. The van der Waals surface area contributed by atoms with E-state index in [0.29, 0.717) is 6.61 Å². The molecule has 0 amide bonds. The van der Waals surface area contributed by atoms with E-state index in [1.807, 2.05) is 24.3 Å². The molecule has 0 aliphatic carbocycles. The van der Waals surface area contributed by atoms with Crippen molar-refractivity contribution in [1.29, 1.82) is 0 Å². The fourth-order valence-corrected chi connectivity index (χ4v) is 3.49. The number of rotatable bonds is 10. The number of fused-ring (bicyclic) bond motifs is 1.